The number of methoxy groups -OCH3 is 1. The molecule has 0 radical (unpaired) electrons. The summed E-state index contributed by atoms with van der Waals surface area (Å²) in [7, 11) is 1.59. The molecule has 1 aromatic rings. The predicted octanol–water partition coefficient (Wildman–Crippen LogP) is 1.22. The van der Waals surface area contributed by atoms with Crippen molar-refractivity contribution >= 4 is 11.9 Å². The summed E-state index contributed by atoms with van der Waals surface area (Å²) in [6.07, 6.45) is 0.839. The fourth-order valence-corrected chi connectivity index (χ4v) is 1.43. The van der Waals surface area contributed by atoms with Crippen LogP contribution in [0.5, 0.6) is 5.75 Å². The lowest BCUT2D eigenvalue weighted by molar-refractivity contribution is -0.141. The second-order valence-electron chi connectivity index (χ2n) is 3.98. The van der Waals surface area contributed by atoms with Gasteiger partial charge >= 0.3 is 5.97 Å². The van der Waals surface area contributed by atoms with Gasteiger partial charge in [0.25, 0.3) is 0 Å². The van der Waals surface area contributed by atoms with E-state index >= 15 is 0 Å². The molecule has 1 unspecified atom stereocenters. The van der Waals surface area contributed by atoms with Crippen LogP contribution in [-0.4, -0.2) is 30.1 Å². The summed E-state index contributed by atoms with van der Waals surface area (Å²) in [5.74, 6) is -0.531. The molecule has 0 saturated carbocycles. The monoisotopic (exact) mass is 251 g/mol. The van der Waals surface area contributed by atoms with Gasteiger partial charge in [0, 0.05) is 6.42 Å². The maximum absolute atomic E-state index is 11.5. The van der Waals surface area contributed by atoms with E-state index in [2.05, 4.69) is 5.32 Å². The number of carboxylic acid groups (broad SMARTS) is 1. The molecule has 1 aromatic carbocycles. The van der Waals surface area contributed by atoms with Crippen molar-refractivity contribution < 1.29 is 19.4 Å². The van der Waals surface area contributed by atoms with E-state index in [0.29, 0.717) is 6.42 Å². The average molecular weight is 251 g/mol. The molecule has 0 saturated heterocycles. The zero-order valence-electron chi connectivity index (χ0n) is 10.5. The quantitative estimate of drug-likeness (QED) is 0.797. The summed E-state index contributed by atoms with van der Waals surface area (Å²) in [6, 6.07) is 6.56. The highest BCUT2D eigenvalue weighted by Crippen LogP contribution is 2.12. The number of nitrogens with one attached hydrogen (secondary N) is 1. The second kappa shape index (κ2) is 6.64. The number of hydrogen-bond acceptors (Lipinski definition) is 3. The summed E-state index contributed by atoms with van der Waals surface area (Å²) >= 11 is 0. The number of carbonyl (C=O) groups excluding carboxylic acids is 1. The summed E-state index contributed by atoms with van der Waals surface area (Å²) in [6.45, 7) is 1.44. The third kappa shape index (κ3) is 4.45. The molecule has 0 bridgehead atoms. The minimum Gasteiger partial charge on any atom is -0.497 e. The topological polar surface area (TPSA) is 75.6 Å². The Kier molecular flexibility index (Phi) is 5.17. The first-order valence-corrected chi connectivity index (χ1v) is 5.68. The van der Waals surface area contributed by atoms with Gasteiger partial charge in [-0.25, -0.2) is 0 Å². The number of carbonyl (C=O) groups is 2. The van der Waals surface area contributed by atoms with Gasteiger partial charge in [-0.3, -0.25) is 9.59 Å². The van der Waals surface area contributed by atoms with Gasteiger partial charge in [-0.15, -0.1) is 0 Å². The number of carboxylic acids is 1. The summed E-state index contributed by atoms with van der Waals surface area (Å²) in [5.41, 5.74) is 1.01. The van der Waals surface area contributed by atoms with E-state index in [1.807, 2.05) is 24.3 Å². The fraction of sp³-hybridized carbons (Fsp3) is 0.385. The number of ether oxygens (including phenoxy) is 1. The normalized spacial score (nSPS) is 11.7. The third-order valence-corrected chi connectivity index (χ3v) is 2.55. The van der Waals surface area contributed by atoms with E-state index in [1.54, 1.807) is 7.11 Å². The number of benzene rings is 1. The van der Waals surface area contributed by atoms with Crippen LogP contribution in [0.25, 0.3) is 0 Å². The lowest BCUT2D eigenvalue weighted by Crippen LogP contribution is -2.38. The van der Waals surface area contributed by atoms with E-state index in [0.717, 1.165) is 11.3 Å². The summed E-state index contributed by atoms with van der Waals surface area (Å²) in [5, 5.41) is 11.1. The van der Waals surface area contributed by atoms with Gasteiger partial charge in [-0.2, -0.15) is 0 Å². The van der Waals surface area contributed by atoms with Gasteiger partial charge < -0.3 is 15.2 Å². The lowest BCUT2D eigenvalue weighted by Gasteiger charge is -2.09. The molecule has 2 N–H and O–H groups in total. The van der Waals surface area contributed by atoms with E-state index in [9.17, 15) is 9.59 Å². The van der Waals surface area contributed by atoms with Gasteiger partial charge in [-0.1, -0.05) is 12.1 Å². The van der Waals surface area contributed by atoms with Crippen LogP contribution >= 0.6 is 0 Å². The molecule has 0 aliphatic heterocycles. The van der Waals surface area contributed by atoms with Crippen LogP contribution in [0.2, 0.25) is 0 Å². The van der Waals surface area contributed by atoms with Crippen LogP contribution in [0.15, 0.2) is 24.3 Å². The first-order valence-electron chi connectivity index (χ1n) is 5.68. The molecule has 5 heteroatoms. The number of rotatable bonds is 6. The van der Waals surface area contributed by atoms with E-state index in [4.69, 9.17) is 9.84 Å². The number of amides is 1. The first-order chi connectivity index (χ1) is 8.52. The molecule has 0 fully saturated rings. The van der Waals surface area contributed by atoms with Crippen molar-refractivity contribution in [2.45, 2.75) is 25.8 Å². The molecule has 0 aromatic heterocycles. The molecule has 0 heterocycles. The van der Waals surface area contributed by atoms with Crippen molar-refractivity contribution in [1.82, 2.24) is 5.32 Å². The largest absolute Gasteiger partial charge is 0.497 e. The third-order valence-electron chi connectivity index (χ3n) is 2.55. The Balaban J connectivity index is 2.40. The van der Waals surface area contributed by atoms with Crippen molar-refractivity contribution in [2.75, 3.05) is 7.11 Å². The van der Waals surface area contributed by atoms with Gasteiger partial charge in [0.1, 0.15) is 11.8 Å². The van der Waals surface area contributed by atoms with Crippen LogP contribution in [0.4, 0.5) is 0 Å². The lowest BCUT2D eigenvalue weighted by atomic mass is 10.1. The minimum atomic E-state index is -1.03. The summed E-state index contributed by atoms with van der Waals surface area (Å²) in [4.78, 5) is 22.0. The second-order valence-corrected chi connectivity index (χ2v) is 3.98. The smallest absolute Gasteiger partial charge is 0.325 e. The Morgan fingerprint density at radius 1 is 1.33 bits per heavy atom. The van der Waals surface area contributed by atoms with Crippen molar-refractivity contribution in [2.24, 2.45) is 0 Å². The Bertz CT molecular complexity index is 414. The van der Waals surface area contributed by atoms with Crippen LogP contribution in [0, 0.1) is 0 Å². The standard InChI is InChI=1S/C13H17NO4/c1-9(13(16)17)14-12(15)8-5-10-3-6-11(18-2)7-4-10/h3-4,6-7,9H,5,8H2,1-2H3,(H,14,15)(H,16,17). The van der Waals surface area contributed by atoms with Crippen molar-refractivity contribution in [3.05, 3.63) is 29.8 Å². The molecule has 1 rings (SSSR count). The SMILES string of the molecule is COc1ccc(CCC(=O)NC(C)C(=O)O)cc1. The molecule has 18 heavy (non-hydrogen) atoms. The zero-order chi connectivity index (χ0) is 13.5. The van der Waals surface area contributed by atoms with Crippen LogP contribution < -0.4 is 10.1 Å². The predicted molar refractivity (Wildman–Crippen MR) is 66.6 cm³/mol. The first kappa shape index (κ1) is 14.0. The maximum atomic E-state index is 11.5. The fourth-order valence-electron chi connectivity index (χ4n) is 1.43. The molecule has 98 valence electrons. The van der Waals surface area contributed by atoms with E-state index in [-0.39, 0.29) is 12.3 Å². The Hall–Kier alpha value is -2.04. The van der Waals surface area contributed by atoms with Gasteiger partial charge in [-0.05, 0) is 31.0 Å². The van der Waals surface area contributed by atoms with Gasteiger partial charge in [0.2, 0.25) is 5.91 Å². The van der Waals surface area contributed by atoms with Gasteiger partial charge in [0.15, 0.2) is 0 Å². The minimum absolute atomic E-state index is 0.263. The van der Waals surface area contributed by atoms with Crippen molar-refractivity contribution in [1.29, 1.82) is 0 Å². The highest BCUT2D eigenvalue weighted by molar-refractivity contribution is 5.83. The maximum Gasteiger partial charge on any atom is 0.325 e. The summed E-state index contributed by atoms with van der Waals surface area (Å²) < 4.78 is 5.03. The molecular weight excluding hydrogens is 234 g/mol. The van der Waals surface area contributed by atoms with Gasteiger partial charge in [0.05, 0.1) is 7.11 Å². The molecule has 0 spiro atoms. The van der Waals surface area contributed by atoms with E-state index in [1.165, 1.54) is 6.92 Å². The highest BCUT2D eigenvalue weighted by atomic mass is 16.5. The molecule has 5 nitrogen and oxygen atoms in total. The number of aryl methyl sites for hydroxylation is 1. The van der Waals surface area contributed by atoms with E-state index < -0.39 is 12.0 Å². The average Bonchev–Trinajstić information content (AvgIpc) is 2.36. The number of hydrogen-bond donors (Lipinski definition) is 2. The van der Waals surface area contributed by atoms with Crippen LogP contribution in [0.1, 0.15) is 18.9 Å². The zero-order valence-corrected chi connectivity index (χ0v) is 10.5. The Morgan fingerprint density at radius 2 is 1.94 bits per heavy atom. The van der Waals surface area contributed by atoms with Crippen LogP contribution in [-0.2, 0) is 16.0 Å². The van der Waals surface area contributed by atoms with Crippen LogP contribution in [0.3, 0.4) is 0 Å². The Morgan fingerprint density at radius 3 is 2.44 bits per heavy atom. The molecule has 1 atom stereocenters. The number of aliphatic carboxylic acids is 1. The van der Waals surface area contributed by atoms with Crippen molar-refractivity contribution in [3.63, 3.8) is 0 Å². The highest BCUT2D eigenvalue weighted by Gasteiger charge is 2.13. The Labute approximate surface area is 106 Å². The molecule has 1 amide bonds. The molecule has 0 aliphatic carbocycles. The molecule has 0 aliphatic rings. The molecular formula is C13H17NO4. The van der Waals surface area contributed by atoms with Crippen molar-refractivity contribution in [3.8, 4) is 5.75 Å².